The van der Waals surface area contributed by atoms with Crippen LogP contribution in [0.2, 0.25) is 0 Å². The summed E-state index contributed by atoms with van der Waals surface area (Å²) in [4.78, 5) is 13.8. The molecule has 7 nitrogen and oxygen atoms in total. The Balaban J connectivity index is 0.00000274. The third-order valence-corrected chi connectivity index (χ3v) is 6.44. The molecule has 1 N–H and O–H groups in total. The Morgan fingerprint density at radius 3 is 2.68 bits per heavy atom. The Bertz CT molecular complexity index is 1090. The maximum Gasteiger partial charge on any atom is 0.214 e. The second-order valence-electron chi connectivity index (χ2n) is 8.72. The molecule has 2 saturated heterocycles. The largest absolute Gasteiger partial charge is 0.439 e. The van der Waals surface area contributed by atoms with Crippen LogP contribution in [0.25, 0.3) is 11.3 Å². The number of aryl methyl sites for hydroxylation is 1. The van der Waals surface area contributed by atoms with Crippen molar-refractivity contribution in [3.8, 4) is 11.3 Å². The van der Waals surface area contributed by atoms with E-state index in [2.05, 4.69) is 86.6 Å². The summed E-state index contributed by atoms with van der Waals surface area (Å²) in [6.45, 7) is 6.95. The van der Waals surface area contributed by atoms with E-state index in [0.29, 0.717) is 18.5 Å². The Kier molecular flexibility index (Phi) is 8.23. The van der Waals surface area contributed by atoms with Gasteiger partial charge in [0.05, 0.1) is 31.5 Å². The third kappa shape index (κ3) is 5.61. The van der Waals surface area contributed by atoms with E-state index in [1.807, 2.05) is 7.05 Å². The van der Waals surface area contributed by atoms with E-state index in [-0.39, 0.29) is 30.1 Å². The molecule has 34 heavy (non-hydrogen) atoms. The molecule has 8 heteroatoms. The second-order valence-corrected chi connectivity index (χ2v) is 8.72. The fourth-order valence-electron chi connectivity index (χ4n) is 4.68. The van der Waals surface area contributed by atoms with Crippen LogP contribution in [-0.2, 0) is 17.8 Å². The van der Waals surface area contributed by atoms with Crippen molar-refractivity contribution in [1.82, 2.24) is 20.1 Å². The van der Waals surface area contributed by atoms with Gasteiger partial charge in [-0.25, -0.2) is 4.98 Å². The van der Waals surface area contributed by atoms with Gasteiger partial charge < -0.3 is 19.4 Å². The molecule has 1 aromatic heterocycles. The first kappa shape index (κ1) is 24.7. The molecule has 180 valence electrons. The topological polar surface area (TPSA) is 66.1 Å². The van der Waals surface area contributed by atoms with E-state index in [1.165, 1.54) is 11.1 Å². The lowest BCUT2D eigenvalue weighted by Gasteiger charge is -2.36. The molecule has 0 saturated carbocycles. The van der Waals surface area contributed by atoms with E-state index in [4.69, 9.17) is 9.15 Å². The number of aliphatic imine (C=N–C) groups is 1. The minimum Gasteiger partial charge on any atom is -0.439 e. The van der Waals surface area contributed by atoms with Crippen molar-refractivity contribution in [3.05, 3.63) is 77.8 Å². The SMILES string of the molecule is CN=C(NCc1ncc(-c2ccc(C)cc2)o1)N1CC2OCCN(Cc3ccccc3)C2C1.I. The number of rotatable bonds is 5. The highest BCUT2D eigenvalue weighted by Gasteiger charge is 2.41. The first-order valence-electron chi connectivity index (χ1n) is 11.6. The van der Waals surface area contributed by atoms with Crippen molar-refractivity contribution < 1.29 is 9.15 Å². The lowest BCUT2D eigenvalue weighted by molar-refractivity contribution is -0.0502. The molecule has 0 spiro atoms. The van der Waals surface area contributed by atoms with Gasteiger partial charge in [0.25, 0.3) is 0 Å². The first-order valence-corrected chi connectivity index (χ1v) is 11.6. The molecule has 0 amide bonds. The molecule has 3 heterocycles. The number of oxazole rings is 1. The number of nitrogens with zero attached hydrogens (tertiary/aromatic N) is 4. The van der Waals surface area contributed by atoms with Crippen LogP contribution in [0.4, 0.5) is 0 Å². The van der Waals surface area contributed by atoms with Crippen molar-refractivity contribution in [2.24, 2.45) is 4.99 Å². The van der Waals surface area contributed by atoms with Crippen molar-refractivity contribution in [2.45, 2.75) is 32.2 Å². The van der Waals surface area contributed by atoms with Gasteiger partial charge in [-0.15, -0.1) is 24.0 Å². The van der Waals surface area contributed by atoms with E-state index in [0.717, 1.165) is 50.1 Å². The maximum absolute atomic E-state index is 6.12. The Morgan fingerprint density at radius 1 is 1.12 bits per heavy atom. The quantitative estimate of drug-likeness (QED) is 0.284. The summed E-state index contributed by atoms with van der Waals surface area (Å²) in [5.41, 5.74) is 3.59. The van der Waals surface area contributed by atoms with Crippen LogP contribution in [-0.4, -0.2) is 66.2 Å². The number of hydrogen-bond donors (Lipinski definition) is 1. The molecule has 2 atom stereocenters. The minimum atomic E-state index is 0. The highest BCUT2D eigenvalue weighted by molar-refractivity contribution is 14.0. The summed E-state index contributed by atoms with van der Waals surface area (Å²) < 4.78 is 12.1. The molecule has 2 fully saturated rings. The number of guanidine groups is 1. The number of halogens is 1. The smallest absolute Gasteiger partial charge is 0.214 e. The fraction of sp³-hybridized carbons (Fsp3) is 0.385. The predicted molar refractivity (Wildman–Crippen MR) is 144 cm³/mol. The van der Waals surface area contributed by atoms with E-state index >= 15 is 0 Å². The van der Waals surface area contributed by atoms with Gasteiger partial charge in [-0.3, -0.25) is 9.89 Å². The zero-order valence-electron chi connectivity index (χ0n) is 19.7. The molecule has 2 aliphatic rings. The normalized spacial score (nSPS) is 20.6. The lowest BCUT2D eigenvalue weighted by Crippen LogP contribution is -2.50. The zero-order valence-corrected chi connectivity index (χ0v) is 22.0. The highest BCUT2D eigenvalue weighted by Crippen LogP contribution is 2.25. The molecule has 2 unspecified atom stereocenters. The number of aromatic nitrogens is 1. The van der Waals surface area contributed by atoms with Crippen LogP contribution >= 0.6 is 24.0 Å². The van der Waals surface area contributed by atoms with Gasteiger partial charge in [-0.1, -0.05) is 60.2 Å². The summed E-state index contributed by atoms with van der Waals surface area (Å²) in [5, 5.41) is 3.42. The molecule has 5 rings (SSSR count). The molecule has 0 aliphatic carbocycles. The molecule has 2 aliphatic heterocycles. The predicted octanol–water partition coefficient (Wildman–Crippen LogP) is 3.93. The number of likely N-dealkylation sites (tertiary alicyclic amines) is 1. The summed E-state index contributed by atoms with van der Waals surface area (Å²) in [7, 11) is 1.82. The Labute approximate surface area is 218 Å². The van der Waals surface area contributed by atoms with Crippen LogP contribution in [0, 0.1) is 6.92 Å². The molecule has 3 aromatic rings. The summed E-state index contributed by atoms with van der Waals surface area (Å²) in [6, 6.07) is 19.3. The fourth-order valence-corrected chi connectivity index (χ4v) is 4.68. The molecular weight excluding hydrogens is 541 g/mol. The van der Waals surface area contributed by atoms with Gasteiger partial charge in [0, 0.05) is 38.8 Å². The average molecular weight is 573 g/mol. The number of benzene rings is 2. The summed E-state index contributed by atoms with van der Waals surface area (Å²) in [5.74, 6) is 2.27. The van der Waals surface area contributed by atoms with Gasteiger partial charge in [-0.05, 0) is 12.5 Å². The standard InChI is InChI=1S/C26H31N5O2.HI/c1-19-8-10-21(11-9-19)23-14-28-25(33-23)15-29-26(27-2)31-17-22-24(18-31)32-13-12-30(22)16-20-6-4-3-5-7-20;/h3-11,14,22,24H,12-13,15-18H2,1-2H3,(H,27,29);1H. The molecule has 2 aromatic carbocycles. The molecular formula is C26H32IN5O2. The minimum absolute atomic E-state index is 0. The highest BCUT2D eigenvalue weighted by atomic mass is 127. The number of morpholine rings is 1. The van der Waals surface area contributed by atoms with E-state index in [9.17, 15) is 0 Å². The van der Waals surface area contributed by atoms with Crippen LogP contribution in [0.3, 0.4) is 0 Å². The number of fused-ring (bicyclic) bond motifs is 1. The van der Waals surface area contributed by atoms with Crippen molar-refractivity contribution in [2.75, 3.05) is 33.3 Å². The number of hydrogen-bond acceptors (Lipinski definition) is 5. The lowest BCUT2D eigenvalue weighted by atomic mass is 10.1. The van der Waals surface area contributed by atoms with E-state index in [1.54, 1.807) is 6.20 Å². The first-order chi connectivity index (χ1) is 16.2. The monoisotopic (exact) mass is 573 g/mol. The van der Waals surface area contributed by atoms with Crippen LogP contribution in [0.15, 0.2) is 70.2 Å². The second kappa shape index (κ2) is 11.3. The van der Waals surface area contributed by atoms with Gasteiger partial charge in [0.15, 0.2) is 11.7 Å². The van der Waals surface area contributed by atoms with Gasteiger partial charge >= 0.3 is 0 Å². The van der Waals surface area contributed by atoms with Crippen LogP contribution in [0.1, 0.15) is 17.0 Å². The summed E-state index contributed by atoms with van der Waals surface area (Å²) in [6.07, 6.45) is 1.97. The third-order valence-electron chi connectivity index (χ3n) is 6.44. The summed E-state index contributed by atoms with van der Waals surface area (Å²) >= 11 is 0. The maximum atomic E-state index is 6.12. The number of ether oxygens (including phenoxy) is 1. The van der Waals surface area contributed by atoms with Gasteiger partial charge in [0.1, 0.15) is 0 Å². The Hall–Kier alpha value is -2.43. The van der Waals surface area contributed by atoms with Crippen LogP contribution < -0.4 is 5.32 Å². The van der Waals surface area contributed by atoms with Crippen LogP contribution in [0.5, 0.6) is 0 Å². The Morgan fingerprint density at radius 2 is 1.91 bits per heavy atom. The average Bonchev–Trinajstić information content (AvgIpc) is 3.49. The van der Waals surface area contributed by atoms with Gasteiger partial charge in [0.2, 0.25) is 5.89 Å². The molecule has 0 radical (unpaired) electrons. The number of nitrogens with one attached hydrogen (secondary N) is 1. The van der Waals surface area contributed by atoms with E-state index < -0.39 is 0 Å². The van der Waals surface area contributed by atoms with Crippen molar-refractivity contribution >= 4 is 29.9 Å². The van der Waals surface area contributed by atoms with Crippen molar-refractivity contribution in [1.29, 1.82) is 0 Å². The zero-order chi connectivity index (χ0) is 22.6. The molecule has 0 bridgehead atoms. The van der Waals surface area contributed by atoms with Gasteiger partial charge in [-0.2, -0.15) is 0 Å². The van der Waals surface area contributed by atoms with Crippen molar-refractivity contribution in [3.63, 3.8) is 0 Å².